The highest BCUT2D eigenvalue weighted by molar-refractivity contribution is 7.89. The molecule has 0 bridgehead atoms. The number of rotatable bonds is 4. The topological polar surface area (TPSA) is 81.4 Å². The van der Waals surface area contributed by atoms with E-state index < -0.39 is 16.1 Å². The summed E-state index contributed by atoms with van der Waals surface area (Å²) in [4.78, 5) is 0.168. The molecule has 1 fully saturated rings. The number of aliphatic hydroxyl groups excluding tert-OH is 1. The summed E-state index contributed by atoms with van der Waals surface area (Å²) in [5, 5.41) is 19.2. The van der Waals surface area contributed by atoms with Crippen molar-refractivity contribution in [2.45, 2.75) is 56.6 Å². The quantitative estimate of drug-likeness (QED) is 0.921. The number of piperidine rings is 1. The lowest BCUT2D eigenvalue weighted by Gasteiger charge is -2.37. The average Bonchev–Trinajstić information content (AvgIpc) is 2.54. The van der Waals surface area contributed by atoms with Gasteiger partial charge in [0, 0.05) is 6.54 Å². The zero-order valence-corrected chi connectivity index (χ0v) is 13.8. The molecule has 1 aliphatic rings. The van der Waals surface area contributed by atoms with Gasteiger partial charge < -0.3 is 5.11 Å². The van der Waals surface area contributed by atoms with Crippen LogP contribution in [0.1, 0.15) is 43.7 Å². The van der Waals surface area contributed by atoms with Gasteiger partial charge in [-0.25, -0.2) is 8.42 Å². The van der Waals surface area contributed by atoms with Crippen molar-refractivity contribution in [3.63, 3.8) is 0 Å². The molecular weight excluding hydrogens is 300 g/mol. The second-order valence-electron chi connectivity index (χ2n) is 5.75. The second-order valence-corrected chi connectivity index (χ2v) is 7.61. The van der Waals surface area contributed by atoms with E-state index in [1.54, 1.807) is 19.1 Å². The second kappa shape index (κ2) is 6.78. The Kier molecular flexibility index (Phi) is 5.22. The number of hydrogen-bond acceptors (Lipinski definition) is 4. The first-order valence-corrected chi connectivity index (χ1v) is 9.06. The van der Waals surface area contributed by atoms with Crippen LogP contribution in [-0.2, 0) is 10.0 Å². The van der Waals surface area contributed by atoms with Gasteiger partial charge in [0.2, 0.25) is 10.0 Å². The Labute approximate surface area is 132 Å². The Morgan fingerprint density at radius 2 is 2.18 bits per heavy atom. The van der Waals surface area contributed by atoms with Crippen molar-refractivity contribution in [1.29, 1.82) is 5.26 Å². The van der Waals surface area contributed by atoms with Crippen molar-refractivity contribution in [1.82, 2.24) is 4.31 Å². The molecule has 0 aromatic heterocycles. The Balaban J connectivity index is 2.46. The fraction of sp³-hybridized carbons (Fsp3) is 0.562. The van der Waals surface area contributed by atoms with E-state index in [0.29, 0.717) is 30.5 Å². The molecule has 0 aliphatic carbocycles. The molecule has 2 atom stereocenters. The van der Waals surface area contributed by atoms with Crippen LogP contribution in [0.5, 0.6) is 0 Å². The van der Waals surface area contributed by atoms with Gasteiger partial charge in [-0.3, -0.25) is 0 Å². The van der Waals surface area contributed by atoms with Gasteiger partial charge in [-0.2, -0.15) is 9.57 Å². The molecule has 0 spiro atoms. The molecule has 0 radical (unpaired) electrons. The number of sulfonamides is 1. The van der Waals surface area contributed by atoms with Gasteiger partial charge >= 0.3 is 0 Å². The van der Waals surface area contributed by atoms with E-state index in [0.717, 1.165) is 12.8 Å². The minimum Gasteiger partial charge on any atom is -0.391 e. The van der Waals surface area contributed by atoms with Crippen molar-refractivity contribution in [2.75, 3.05) is 6.54 Å². The fourth-order valence-electron chi connectivity index (χ4n) is 2.96. The Morgan fingerprint density at radius 1 is 1.45 bits per heavy atom. The smallest absolute Gasteiger partial charge is 0.243 e. The Hall–Kier alpha value is -1.42. The lowest BCUT2D eigenvalue weighted by Crippen LogP contribution is -2.49. The summed E-state index contributed by atoms with van der Waals surface area (Å²) in [5.41, 5.74) is 0.947. The minimum atomic E-state index is -3.71. The molecule has 0 saturated carbocycles. The summed E-state index contributed by atoms with van der Waals surface area (Å²) in [6, 6.07) is 6.29. The van der Waals surface area contributed by atoms with Crippen LogP contribution in [0, 0.1) is 18.3 Å². The average molecular weight is 322 g/mol. The molecule has 0 unspecified atom stereocenters. The van der Waals surface area contributed by atoms with E-state index in [1.165, 1.54) is 10.4 Å². The molecule has 1 aromatic rings. The number of aliphatic hydroxyl groups is 1. The van der Waals surface area contributed by atoms with E-state index in [1.807, 2.05) is 13.0 Å². The maximum absolute atomic E-state index is 13.0. The predicted molar refractivity (Wildman–Crippen MR) is 83.7 cm³/mol. The van der Waals surface area contributed by atoms with Gasteiger partial charge in [-0.15, -0.1) is 0 Å². The third-order valence-electron chi connectivity index (χ3n) is 4.26. The van der Waals surface area contributed by atoms with E-state index in [-0.39, 0.29) is 10.9 Å². The standard InChI is InChI=1S/C16H22N2O3S/c1-3-15(19)14-6-4-5-9-18(14)22(20,21)16-10-13(11-17)8-7-12(16)2/h7-8,10,14-15,19H,3-6,9H2,1-2H3/t14-,15+/m1/s1. The van der Waals surface area contributed by atoms with Crippen molar-refractivity contribution < 1.29 is 13.5 Å². The maximum atomic E-state index is 13.0. The van der Waals surface area contributed by atoms with Crippen LogP contribution in [0.2, 0.25) is 0 Å². The summed E-state index contributed by atoms with van der Waals surface area (Å²) in [7, 11) is -3.71. The predicted octanol–water partition coefficient (Wildman–Crippen LogP) is 2.18. The number of benzene rings is 1. The fourth-order valence-corrected chi connectivity index (χ4v) is 4.93. The first-order chi connectivity index (χ1) is 10.4. The van der Waals surface area contributed by atoms with Gasteiger partial charge in [-0.1, -0.05) is 19.4 Å². The molecule has 2 rings (SSSR count). The highest BCUT2D eigenvalue weighted by Gasteiger charge is 2.37. The molecule has 120 valence electrons. The Morgan fingerprint density at radius 3 is 2.82 bits per heavy atom. The number of nitrogens with zero attached hydrogens (tertiary/aromatic N) is 2. The monoisotopic (exact) mass is 322 g/mol. The van der Waals surface area contributed by atoms with E-state index in [9.17, 15) is 13.5 Å². The molecule has 1 saturated heterocycles. The zero-order valence-electron chi connectivity index (χ0n) is 13.0. The molecule has 1 heterocycles. The van der Waals surface area contributed by atoms with Crippen LogP contribution >= 0.6 is 0 Å². The summed E-state index contributed by atoms with van der Waals surface area (Å²) >= 11 is 0. The van der Waals surface area contributed by atoms with Crippen molar-refractivity contribution >= 4 is 10.0 Å². The largest absolute Gasteiger partial charge is 0.391 e. The van der Waals surface area contributed by atoms with Crippen molar-refractivity contribution in [2.24, 2.45) is 0 Å². The highest BCUT2D eigenvalue weighted by Crippen LogP contribution is 2.29. The van der Waals surface area contributed by atoms with Crippen molar-refractivity contribution in [3.8, 4) is 6.07 Å². The first-order valence-electron chi connectivity index (χ1n) is 7.62. The normalized spacial score (nSPS) is 21.3. The molecule has 22 heavy (non-hydrogen) atoms. The van der Waals surface area contributed by atoms with Crippen LogP contribution in [0.4, 0.5) is 0 Å². The van der Waals surface area contributed by atoms with E-state index in [2.05, 4.69) is 0 Å². The number of aryl methyl sites for hydroxylation is 1. The molecule has 6 heteroatoms. The van der Waals surface area contributed by atoms with Gasteiger partial charge in [-0.05, 0) is 43.9 Å². The number of hydrogen-bond donors (Lipinski definition) is 1. The zero-order chi connectivity index (χ0) is 16.3. The van der Waals surface area contributed by atoms with E-state index >= 15 is 0 Å². The first kappa shape index (κ1) is 16.9. The summed E-state index contributed by atoms with van der Waals surface area (Å²) in [6.07, 6.45) is 2.25. The van der Waals surface area contributed by atoms with Gasteiger partial charge in [0.1, 0.15) is 0 Å². The Bertz CT molecular complexity index is 679. The molecular formula is C16H22N2O3S. The summed E-state index contributed by atoms with van der Waals surface area (Å²) in [6.45, 7) is 4.00. The van der Waals surface area contributed by atoms with Crippen LogP contribution in [-0.4, -0.2) is 36.5 Å². The van der Waals surface area contributed by atoms with Crippen LogP contribution in [0.25, 0.3) is 0 Å². The highest BCUT2D eigenvalue weighted by atomic mass is 32.2. The minimum absolute atomic E-state index is 0.168. The molecule has 1 aliphatic heterocycles. The molecule has 0 amide bonds. The summed E-state index contributed by atoms with van der Waals surface area (Å²) in [5.74, 6) is 0. The third kappa shape index (κ3) is 3.17. The SMILES string of the molecule is CC[C@H](O)[C@H]1CCCCN1S(=O)(=O)c1cc(C#N)ccc1C. The van der Waals surface area contributed by atoms with Crippen LogP contribution in [0.3, 0.4) is 0 Å². The van der Waals surface area contributed by atoms with Crippen molar-refractivity contribution in [3.05, 3.63) is 29.3 Å². The van der Waals surface area contributed by atoms with Gasteiger partial charge in [0.15, 0.2) is 0 Å². The van der Waals surface area contributed by atoms with Gasteiger partial charge in [0.25, 0.3) is 0 Å². The number of nitriles is 1. The molecule has 1 aromatic carbocycles. The van der Waals surface area contributed by atoms with E-state index in [4.69, 9.17) is 5.26 Å². The molecule has 5 nitrogen and oxygen atoms in total. The lowest BCUT2D eigenvalue weighted by molar-refractivity contribution is 0.0667. The molecule has 1 N–H and O–H groups in total. The van der Waals surface area contributed by atoms with Gasteiger partial charge in [0.05, 0.1) is 28.7 Å². The lowest BCUT2D eigenvalue weighted by atomic mass is 9.98. The van der Waals surface area contributed by atoms with Crippen LogP contribution < -0.4 is 0 Å². The third-order valence-corrected chi connectivity index (χ3v) is 6.33. The summed E-state index contributed by atoms with van der Waals surface area (Å²) < 4.78 is 27.4. The maximum Gasteiger partial charge on any atom is 0.243 e. The van der Waals surface area contributed by atoms with Crippen LogP contribution in [0.15, 0.2) is 23.1 Å².